The van der Waals surface area contributed by atoms with E-state index in [1.807, 2.05) is 6.07 Å². The van der Waals surface area contributed by atoms with Gasteiger partial charge in [0.2, 0.25) is 17.6 Å². The molecule has 2 aromatic rings. The minimum atomic E-state index is -1.06. The van der Waals surface area contributed by atoms with Gasteiger partial charge in [0, 0.05) is 19.0 Å². The minimum absolute atomic E-state index is 0.0961. The number of carboxylic acid groups (broad SMARTS) is 1. The molecular weight excluding hydrogens is 288 g/mol. The molecule has 0 spiro atoms. The van der Waals surface area contributed by atoms with Crippen LogP contribution in [0.25, 0.3) is 11.5 Å². The standard InChI is InChI=1S/C14H14N4O4/c19-10(17-14(6-7-14)13(20)21)4-5-11-16-12(18-22-11)9-3-1-2-8-15-9/h1-3,8H,4-7H2,(H,17,19)(H,20,21). The summed E-state index contributed by atoms with van der Waals surface area (Å²) >= 11 is 0. The van der Waals surface area contributed by atoms with E-state index in [2.05, 4.69) is 20.4 Å². The van der Waals surface area contributed by atoms with Crippen molar-refractivity contribution in [3.05, 3.63) is 30.3 Å². The number of pyridine rings is 1. The van der Waals surface area contributed by atoms with Crippen molar-refractivity contribution in [2.75, 3.05) is 0 Å². The first-order chi connectivity index (χ1) is 10.6. The second-order valence-corrected chi connectivity index (χ2v) is 5.16. The van der Waals surface area contributed by atoms with Crippen LogP contribution in [0.4, 0.5) is 0 Å². The highest BCUT2D eigenvalue weighted by Gasteiger charge is 2.51. The molecule has 1 fully saturated rings. The first-order valence-electron chi connectivity index (χ1n) is 6.87. The Morgan fingerprint density at radius 1 is 1.36 bits per heavy atom. The van der Waals surface area contributed by atoms with Crippen molar-refractivity contribution in [2.24, 2.45) is 0 Å². The molecule has 0 atom stereocenters. The van der Waals surface area contributed by atoms with Crippen LogP contribution in [0, 0.1) is 0 Å². The van der Waals surface area contributed by atoms with Gasteiger partial charge >= 0.3 is 5.97 Å². The van der Waals surface area contributed by atoms with E-state index in [1.165, 1.54) is 0 Å². The van der Waals surface area contributed by atoms with E-state index in [9.17, 15) is 9.59 Å². The maximum Gasteiger partial charge on any atom is 0.329 e. The lowest BCUT2D eigenvalue weighted by atomic mass is 10.2. The van der Waals surface area contributed by atoms with E-state index in [0.29, 0.717) is 30.3 Å². The third-order valence-electron chi connectivity index (χ3n) is 3.47. The van der Waals surface area contributed by atoms with Gasteiger partial charge in [0.1, 0.15) is 11.2 Å². The zero-order chi connectivity index (χ0) is 15.6. The monoisotopic (exact) mass is 302 g/mol. The molecule has 1 amide bonds. The predicted octanol–water partition coefficient (Wildman–Crippen LogP) is 0.798. The topological polar surface area (TPSA) is 118 Å². The molecule has 3 rings (SSSR count). The minimum Gasteiger partial charge on any atom is -0.480 e. The Bertz CT molecular complexity index is 694. The molecule has 0 aliphatic heterocycles. The van der Waals surface area contributed by atoms with E-state index >= 15 is 0 Å². The van der Waals surface area contributed by atoms with Gasteiger partial charge in [-0.1, -0.05) is 11.2 Å². The Morgan fingerprint density at radius 3 is 2.82 bits per heavy atom. The maximum absolute atomic E-state index is 11.8. The number of nitrogens with one attached hydrogen (secondary N) is 1. The van der Waals surface area contributed by atoms with E-state index < -0.39 is 11.5 Å². The van der Waals surface area contributed by atoms with Crippen molar-refractivity contribution in [1.82, 2.24) is 20.4 Å². The summed E-state index contributed by atoms with van der Waals surface area (Å²) in [6.07, 6.45) is 2.91. The van der Waals surface area contributed by atoms with Crippen LogP contribution in [0.5, 0.6) is 0 Å². The van der Waals surface area contributed by atoms with Gasteiger partial charge < -0.3 is 14.9 Å². The second kappa shape index (κ2) is 5.55. The molecular formula is C14H14N4O4. The zero-order valence-electron chi connectivity index (χ0n) is 11.7. The maximum atomic E-state index is 11.8. The lowest BCUT2D eigenvalue weighted by molar-refractivity contribution is -0.143. The summed E-state index contributed by atoms with van der Waals surface area (Å²) in [5.41, 5.74) is -0.477. The van der Waals surface area contributed by atoms with Crippen LogP contribution in [0.2, 0.25) is 0 Å². The molecule has 0 aromatic carbocycles. The van der Waals surface area contributed by atoms with Crippen LogP contribution in [-0.2, 0) is 16.0 Å². The average Bonchev–Trinajstić information content (AvgIpc) is 3.15. The lowest BCUT2D eigenvalue weighted by Gasteiger charge is -2.11. The van der Waals surface area contributed by atoms with Crippen molar-refractivity contribution in [3.8, 4) is 11.5 Å². The van der Waals surface area contributed by atoms with E-state index in [1.54, 1.807) is 18.3 Å². The van der Waals surface area contributed by atoms with Crippen molar-refractivity contribution in [2.45, 2.75) is 31.2 Å². The average molecular weight is 302 g/mol. The molecule has 2 N–H and O–H groups in total. The van der Waals surface area contributed by atoms with E-state index in [-0.39, 0.29) is 18.7 Å². The fraction of sp³-hybridized carbons (Fsp3) is 0.357. The molecule has 0 radical (unpaired) electrons. The van der Waals surface area contributed by atoms with E-state index in [0.717, 1.165) is 0 Å². The van der Waals surface area contributed by atoms with Gasteiger partial charge in [0.25, 0.3) is 0 Å². The molecule has 114 valence electrons. The quantitative estimate of drug-likeness (QED) is 0.810. The molecule has 1 aliphatic rings. The Kier molecular flexibility index (Phi) is 3.58. The highest BCUT2D eigenvalue weighted by atomic mass is 16.5. The zero-order valence-corrected chi connectivity index (χ0v) is 11.7. The number of rotatable bonds is 6. The van der Waals surface area contributed by atoms with Crippen LogP contribution in [0.3, 0.4) is 0 Å². The van der Waals surface area contributed by atoms with Gasteiger partial charge in [-0.2, -0.15) is 4.98 Å². The molecule has 0 unspecified atom stereocenters. The van der Waals surface area contributed by atoms with Crippen molar-refractivity contribution >= 4 is 11.9 Å². The van der Waals surface area contributed by atoms with Crippen LogP contribution in [-0.4, -0.2) is 37.6 Å². The molecule has 8 heteroatoms. The van der Waals surface area contributed by atoms with Gasteiger partial charge in [-0.05, 0) is 25.0 Å². The summed E-state index contributed by atoms with van der Waals surface area (Å²) in [7, 11) is 0. The first-order valence-corrected chi connectivity index (χ1v) is 6.87. The number of carbonyl (C=O) groups excluding carboxylic acids is 1. The van der Waals surface area contributed by atoms with Crippen LogP contribution in [0.1, 0.15) is 25.2 Å². The fourth-order valence-corrected chi connectivity index (χ4v) is 2.02. The number of hydrogen-bond acceptors (Lipinski definition) is 6. The molecule has 0 bridgehead atoms. The number of aliphatic carboxylic acids is 1. The SMILES string of the molecule is O=C(CCc1nc(-c2ccccn2)no1)NC1(C(=O)O)CC1. The summed E-state index contributed by atoms with van der Waals surface area (Å²) in [6.45, 7) is 0. The number of carbonyl (C=O) groups is 2. The number of amides is 1. The van der Waals surface area contributed by atoms with Gasteiger partial charge in [-0.25, -0.2) is 4.79 Å². The lowest BCUT2D eigenvalue weighted by Crippen LogP contribution is -2.43. The number of aryl methyl sites for hydroxylation is 1. The third-order valence-corrected chi connectivity index (χ3v) is 3.47. The Morgan fingerprint density at radius 2 is 2.18 bits per heavy atom. The molecule has 22 heavy (non-hydrogen) atoms. The normalized spacial score (nSPS) is 15.3. The summed E-state index contributed by atoms with van der Waals surface area (Å²) in [5, 5.41) is 15.3. The smallest absolute Gasteiger partial charge is 0.329 e. The van der Waals surface area contributed by atoms with Gasteiger partial charge in [-0.15, -0.1) is 0 Å². The summed E-state index contributed by atoms with van der Waals surface area (Å²) in [6, 6.07) is 5.35. The highest BCUT2D eigenvalue weighted by molar-refractivity contribution is 5.89. The fourth-order valence-electron chi connectivity index (χ4n) is 2.02. The van der Waals surface area contributed by atoms with Crippen LogP contribution in [0.15, 0.2) is 28.9 Å². The molecule has 0 saturated heterocycles. The van der Waals surface area contributed by atoms with Gasteiger partial charge in [-0.3, -0.25) is 9.78 Å². The highest BCUT2D eigenvalue weighted by Crippen LogP contribution is 2.35. The summed E-state index contributed by atoms with van der Waals surface area (Å²) in [5.74, 6) is -0.648. The molecule has 2 aromatic heterocycles. The molecule has 1 aliphatic carbocycles. The third kappa shape index (κ3) is 2.95. The summed E-state index contributed by atoms with van der Waals surface area (Å²) in [4.78, 5) is 31.0. The van der Waals surface area contributed by atoms with Crippen LogP contribution < -0.4 is 5.32 Å². The Balaban J connectivity index is 1.55. The molecule has 8 nitrogen and oxygen atoms in total. The van der Waals surface area contributed by atoms with Crippen molar-refractivity contribution in [1.29, 1.82) is 0 Å². The predicted molar refractivity (Wildman–Crippen MR) is 73.6 cm³/mol. The largest absolute Gasteiger partial charge is 0.480 e. The number of nitrogens with zero attached hydrogens (tertiary/aromatic N) is 3. The van der Waals surface area contributed by atoms with Gasteiger partial charge in [0.15, 0.2) is 0 Å². The Labute approximate surface area is 125 Å². The molecule has 1 saturated carbocycles. The second-order valence-electron chi connectivity index (χ2n) is 5.16. The van der Waals surface area contributed by atoms with E-state index in [4.69, 9.17) is 9.63 Å². The van der Waals surface area contributed by atoms with Crippen molar-refractivity contribution in [3.63, 3.8) is 0 Å². The number of aromatic nitrogens is 3. The van der Waals surface area contributed by atoms with Crippen LogP contribution >= 0.6 is 0 Å². The summed E-state index contributed by atoms with van der Waals surface area (Å²) < 4.78 is 5.07. The molecule has 2 heterocycles. The van der Waals surface area contributed by atoms with Crippen molar-refractivity contribution < 1.29 is 19.2 Å². The Hall–Kier alpha value is -2.77. The van der Waals surface area contributed by atoms with Gasteiger partial charge in [0.05, 0.1) is 0 Å². The first kappa shape index (κ1) is 14.2. The number of hydrogen-bond donors (Lipinski definition) is 2. The number of carboxylic acids is 1.